The van der Waals surface area contributed by atoms with Crippen molar-refractivity contribution in [3.8, 4) is 0 Å². The van der Waals surface area contributed by atoms with Gasteiger partial charge in [-0.15, -0.1) is 0 Å². The molecule has 9 heteroatoms. The number of carbonyl (C=O) groups is 1. The average molecular weight is 446 g/mol. The molecule has 4 rings (SSSR count). The minimum atomic E-state index is -3.97. The van der Waals surface area contributed by atoms with E-state index in [1.54, 1.807) is 12.1 Å². The standard InChI is InChI=1S/C22H17F3N2O3S/c23-15-7-10-17(11-8-15)31(29,30)27-12-2-3-14-6-9-16(13-20(14)27)26-22(28)21-18(24)4-1-5-19(21)25/h1,4-11,13H,2-3,12H2,(H,26,28). The minimum absolute atomic E-state index is 0.0652. The lowest BCUT2D eigenvalue weighted by Gasteiger charge is -2.31. The van der Waals surface area contributed by atoms with Gasteiger partial charge in [0.1, 0.15) is 23.0 Å². The van der Waals surface area contributed by atoms with Crippen molar-refractivity contribution in [1.82, 2.24) is 0 Å². The van der Waals surface area contributed by atoms with Gasteiger partial charge >= 0.3 is 0 Å². The molecule has 3 aromatic carbocycles. The lowest BCUT2D eigenvalue weighted by molar-refractivity contribution is 0.101. The number of hydrogen-bond donors (Lipinski definition) is 1. The van der Waals surface area contributed by atoms with Crippen molar-refractivity contribution < 1.29 is 26.4 Å². The molecule has 0 aliphatic carbocycles. The van der Waals surface area contributed by atoms with E-state index < -0.39 is 38.9 Å². The van der Waals surface area contributed by atoms with E-state index in [0.29, 0.717) is 18.5 Å². The molecule has 0 bridgehead atoms. The Bertz CT molecular complexity index is 1240. The first-order chi connectivity index (χ1) is 14.8. The fourth-order valence-corrected chi connectivity index (χ4v) is 5.04. The number of halogens is 3. The molecule has 1 amide bonds. The van der Waals surface area contributed by atoms with Gasteiger partial charge in [0, 0.05) is 12.2 Å². The Balaban J connectivity index is 1.68. The van der Waals surface area contributed by atoms with Gasteiger partial charge in [-0.3, -0.25) is 9.10 Å². The van der Waals surface area contributed by atoms with Gasteiger partial charge in [-0.2, -0.15) is 0 Å². The van der Waals surface area contributed by atoms with Gasteiger partial charge in [-0.25, -0.2) is 21.6 Å². The van der Waals surface area contributed by atoms with E-state index in [-0.39, 0.29) is 17.1 Å². The topological polar surface area (TPSA) is 66.5 Å². The van der Waals surface area contributed by atoms with Crippen molar-refractivity contribution in [1.29, 1.82) is 0 Å². The van der Waals surface area contributed by atoms with Crippen LogP contribution in [0.5, 0.6) is 0 Å². The Kier molecular flexibility index (Phi) is 5.45. The third-order valence-corrected chi connectivity index (χ3v) is 6.84. The number of aryl methyl sites for hydroxylation is 1. The van der Waals surface area contributed by atoms with Crippen LogP contribution in [0, 0.1) is 17.5 Å². The Hall–Kier alpha value is -3.33. The minimum Gasteiger partial charge on any atom is -0.322 e. The predicted octanol–water partition coefficient (Wildman–Crippen LogP) is 4.50. The van der Waals surface area contributed by atoms with Gasteiger partial charge in [0.2, 0.25) is 0 Å². The molecule has 3 aromatic rings. The van der Waals surface area contributed by atoms with Gasteiger partial charge in [-0.05, 0) is 66.9 Å². The third kappa shape index (κ3) is 4.00. The van der Waals surface area contributed by atoms with Crippen LogP contribution in [0.1, 0.15) is 22.3 Å². The van der Waals surface area contributed by atoms with Gasteiger partial charge in [0.25, 0.3) is 15.9 Å². The van der Waals surface area contributed by atoms with Crippen LogP contribution in [-0.4, -0.2) is 20.9 Å². The van der Waals surface area contributed by atoms with Crippen molar-refractivity contribution in [2.24, 2.45) is 0 Å². The molecule has 0 atom stereocenters. The van der Waals surface area contributed by atoms with E-state index in [1.165, 1.54) is 22.5 Å². The maximum absolute atomic E-state index is 13.9. The summed E-state index contributed by atoms with van der Waals surface area (Å²) in [6, 6.07) is 12.3. The Morgan fingerprint density at radius 1 is 0.935 bits per heavy atom. The molecule has 5 nitrogen and oxygen atoms in total. The van der Waals surface area contributed by atoms with Crippen LogP contribution < -0.4 is 9.62 Å². The summed E-state index contributed by atoms with van der Waals surface area (Å²) >= 11 is 0. The van der Waals surface area contributed by atoms with Crippen LogP contribution in [0.15, 0.2) is 65.6 Å². The van der Waals surface area contributed by atoms with E-state index in [0.717, 1.165) is 35.9 Å². The zero-order chi connectivity index (χ0) is 22.2. The quantitative estimate of drug-likeness (QED) is 0.642. The van der Waals surface area contributed by atoms with Crippen LogP contribution in [0.4, 0.5) is 24.5 Å². The van der Waals surface area contributed by atoms with E-state index in [1.807, 2.05) is 0 Å². The molecule has 160 valence electrons. The summed E-state index contributed by atoms with van der Waals surface area (Å²) in [5.41, 5.74) is 0.554. The summed E-state index contributed by atoms with van der Waals surface area (Å²) < 4.78 is 68.5. The first-order valence-electron chi connectivity index (χ1n) is 9.44. The van der Waals surface area contributed by atoms with Crippen molar-refractivity contribution in [3.05, 3.63) is 89.2 Å². The summed E-state index contributed by atoms with van der Waals surface area (Å²) in [6.07, 6.45) is 1.21. The second-order valence-corrected chi connectivity index (χ2v) is 8.89. The second-order valence-electron chi connectivity index (χ2n) is 7.03. The van der Waals surface area contributed by atoms with E-state index >= 15 is 0 Å². The Morgan fingerprint density at radius 2 is 1.61 bits per heavy atom. The number of nitrogens with one attached hydrogen (secondary N) is 1. The van der Waals surface area contributed by atoms with E-state index in [9.17, 15) is 26.4 Å². The van der Waals surface area contributed by atoms with E-state index in [4.69, 9.17) is 0 Å². The maximum atomic E-state index is 13.9. The fraction of sp³-hybridized carbons (Fsp3) is 0.136. The van der Waals surface area contributed by atoms with Gasteiger partial charge in [-0.1, -0.05) is 12.1 Å². The van der Waals surface area contributed by atoms with Crippen LogP contribution in [0.3, 0.4) is 0 Å². The third-order valence-electron chi connectivity index (χ3n) is 5.01. The number of fused-ring (bicyclic) bond motifs is 1. The summed E-state index contributed by atoms with van der Waals surface area (Å²) in [7, 11) is -3.97. The molecule has 1 aliphatic heterocycles. The highest BCUT2D eigenvalue weighted by Gasteiger charge is 2.29. The summed E-state index contributed by atoms with van der Waals surface area (Å²) in [6.45, 7) is 0.200. The molecule has 0 fully saturated rings. The Labute approximate surface area is 177 Å². The number of amides is 1. The zero-order valence-corrected chi connectivity index (χ0v) is 16.9. The first kappa shape index (κ1) is 20.9. The molecule has 0 radical (unpaired) electrons. The highest BCUT2D eigenvalue weighted by Crippen LogP contribution is 2.34. The van der Waals surface area contributed by atoms with Crippen molar-refractivity contribution >= 4 is 27.3 Å². The number of benzene rings is 3. The largest absolute Gasteiger partial charge is 0.322 e. The number of nitrogens with zero attached hydrogens (tertiary/aromatic N) is 1. The SMILES string of the molecule is O=C(Nc1ccc2c(c1)N(S(=O)(=O)c1ccc(F)cc1)CCC2)c1c(F)cccc1F. The summed E-state index contributed by atoms with van der Waals surface area (Å²) in [5.74, 6) is -3.55. The molecule has 0 unspecified atom stereocenters. The van der Waals surface area contributed by atoms with Crippen molar-refractivity contribution in [3.63, 3.8) is 0 Å². The molecule has 31 heavy (non-hydrogen) atoms. The molecular weight excluding hydrogens is 429 g/mol. The second kappa shape index (κ2) is 8.07. The molecular formula is C22H17F3N2O3S. The molecule has 0 aromatic heterocycles. The van der Waals surface area contributed by atoms with Crippen LogP contribution in [0.2, 0.25) is 0 Å². The molecule has 1 heterocycles. The average Bonchev–Trinajstić information content (AvgIpc) is 2.73. The Morgan fingerprint density at radius 3 is 2.29 bits per heavy atom. The molecule has 1 aliphatic rings. The van der Waals surface area contributed by atoms with Gasteiger partial charge in [0.05, 0.1) is 10.6 Å². The molecule has 1 N–H and O–H groups in total. The maximum Gasteiger partial charge on any atom is 0.264 e. The number of carbonyl (C=O) groups excluding carboxylic acids is 1. The molecule has 0 saturated carbocycles. The smallest absolute Gasteiger partial charge is 0.264 e. The van der Waals surface area contributed by atoms with Crippen molar-refractivity contribution in [2.45, 2.75) is 17.7 Å². The van der Waals surface area contributed by atoms with Gasteiger partial charge in [0.15, 0.2) is 0 Å². The monoisotopic (exact) mass is 446 g/mol. The lowest BCUT2D eigenvalue weighted by atomic mass is 10.0. The van der Waals surface area contributed by atoms with Gasteiger partial charge < -0.3 is 5.32 Å². The number of anilines is 2. The van der Waals surface area contributed by atoms with E-state index in [2.05, 4.69) is 5.32 Å². The lowest BCUT2D eigenvalue weighted by Crippen LogP contribution is -2.35. The number of sulfonamides is 1. The number of rotatable bonds is 4. The highest BCUT2D eigenvalue weighted by molar-refractivity contribution is 7.92. The first-order valence-corrected chi connectivity index (χ1v) is 10.9. The normalized spacial score (nSPS) is 13.6. The van der Waals surface area contributed by atoms with Crippen LogP contribution in [0.25, 0.3) is 0 Å². The number of hydrogen-bond acceptors (Lipinski definition) is 3. The van der Waals surface area contributed by atoms with Crippen LogP contribution >= 0.6 is 0 Å². The molecule has 0 saturated heterocycles. The molecule has 0 spiro atoms. The summed E-state index contributed by atoms with van der Waals surface area (Å²) in [5, 5.41) is 2.42. The predicted molar refractivity (Wildman–Crippen MR) is 110 cm³/mol. The summed E-state index contributed by atoms with van der Waals surface area (Å²) in [4.78, 5) is 12.3. The fourth-order valence-electron chi connectivity index (χ4n) is 3.51. The van der Waals surface area contributed by atoms with Crippen molar-refractivity contribution in [2.75, 3.05) is 16.2 Å². The van der Waals surface area contributed by atoms with Crippen LogP contribution in [-0.2, 0) is 16.4 Å². The highest BCUT2D eigenvalue weighted by atomic mass is 32.2. The zero-order valence-electron chi connectivity index (χ0n) is 16.1.